The molecule has 6 rings (SSSR count). The van der Waals surface area contributed by atoms with E-state index in [1.807, 2.05) is 0 Å². The van der Waals surface area contributed by atoms with Crippen LogP contribution in [0.5, 0.6) is 5.75 Å². The first-order valence-electron chi connectivity index (χ1n) is 18.7. The Bertz CT molecular complexity index is 2690. The van der Waals surface area contributed by atoms with Crippen molar-refractivity contribution in [3.8, 4) is 5.75 Å². The van der Waals surface area contributed by atoms with Crippen LogP contribution in [0.3, 0.4) is 0 Å². The van der Waals surface area contributed by atoms with Crippen molar-refractivity contribution in [3.63, 3.8) is 0 Å². The van der Waals surface area contributed by atoms with Gasteiger partial charge in [-0.3, -0.25) is 24.0 Å². The van der Waals surface area contributed by atoms with Crippen LogP contribution in [0.2, 0.25) is 0 Å². The van der Waals surface area contributed by atoms with Gasteiger partial charge in [-0.25, -0.2) is 18.2 Å². The average Bonchev–Trinajstić information content (AvgIpc) is 3.17. The molecule has 1 aliphatic carbocycles. The number of fused-ring (bicyclic) bond motifs is 3. The molecule has 0 bridgehead atoms. The fraction of sp³-hybridized carbons (Fsp3) is 0.262. The smallest absolute Gasteiger partial charge is 0.339 e. The number of benzene rings is 3. The molecule has 4 amide bonds. The van der Waals surface area contributed by atoms with Crippen LogP contribution in [-0.2, 0) is 59.2 Å². The number of hydrogen-bond acceptors (Lipinski definition) is 13. The lowest BCUT2D eigenvalue weighted by atomic mass is 9.71. The van der Waals surface area contributed by atoms with Crippen molar-refractivity contribution >= 4 is 67.9 Å². The molecule has 1 aliphatic heterocycles. The van der Waals surface area contributed by atoms with Crippen LogP contribution in [0.25, 0.3) is 11.0 Å². The first kappa shape index (κ1) is 42.7. The van der Waals surface area contributed by atoms with E-state index in [2.05, 4.69) is 26.3 Å². The Morgan fingerprint density at radius 2 is 1.58 bits per heavy atom. The molecule has 4 aromatic rings. The Morgan fingerprint density at radius 1 is 0.883 bits per heavy atom. The lowest BCUT2D eigenvalue weighted by Gasteiger charge is -2.35. The van der Waals surface area contributed by atoms with E-state index in [0.29, 0.717) is 39.2 Å². The van der Waals surface area contributed by atoms with Gasteiger partial charge in [0.15, 0.2) is 5.78 Å². The minimum atomic E-state index is -5.28. The van der Waals surface area contributed by atoms with Gasteiger partial charge in [-0.1, -0.05) is 44.2 Å². The lowest BCUT2D eigenvalue weighted by molar-refractivity contribution is -0.133. The minimum Gasteiger partial charge on any atom is -0.716 e. The van der Waals surface area contributed by atoms with Crippen LogP contribution >= 0.6 is 0 Å². The van der Waals surface area contributed by atoms with Gasteiger partial charge in [-0.15, -0.1) is 0 Å². The molecule has 2 aliphatic rings. The second kappa shape index (κ2) is 17.1. The van der Waals surface area contributed by atoms with E-state index in [9.17, 15) is 41.7 Å². The molecule has 2 heterocycles. The molecule has 0 saturated heterocycles. The quantitative estimate of drug-likeness (QED) is 0.0403. The van der Waals surface area contributed by atoms with Crippen LogP contribution in [0.1, 0.15) is 49.9 Å². The number of anilines is 1. The molecule has 6 N–H and O–H groups in total. The molecule has 0 fully saturated rings. The predicted octanol–water partition coefficient (Wildman–Crippen LogP) is 2.24. The Kier molecular flexibility index (Phi) is 12.2. The van der Waals surface area contributed by atoms with Gasteiger partial charge in [0.1, 0.15) is 29.5 Å². The number of rotatable bonds is 14. The summed E-state index contributed by atoms with van der Waals surface area (Å²) in [5.74, 6) is -3.44. The maximum absolute atomic E-state index is 13.8. The first-order chi connectivity index (χ1) is 28.3. The van der Waals surface area contributed by atoms with Gasteiger partial charge in [0.05, 0.1) is 17.8 Å². The summed E-state index contributed by atoms with van der Waals surface area (Å²) < 4.78 is 45.6. The highest BCUT2D eigenvalue weighted by molar-refractivity contribution is 7.81. The average molecular weight is 838 g/mol. The van der Waals surface area contributed by atoms with Gasteiger partial charge < -0.3 is 40.2 Å². The summed E-state index contributed by atoms with van der Waals surface area (Å²) in [5.41, 5.74) is 7.58. The van der Waals surface area contributed by atoms with E-state index in [4.69, 9.17) is 14.3 Å². The van der Waals surface area contributed by atoms with Gasteiger partial charge in [0, 0.05) is 46.6 Å². The molecule has 0 spiro atoms. The van der Waals surface area contributed by atoms with E-state index in [1.165, 1.54) is 50.3 Å². The number of nitrogens with one attached hydrogen (secondary N) is 4. The number of nitrogens with two attached hydrogens (primary N) is 1. The van der Waals surface area contributed by atoms with E-state index in [-0.39, 0.29) is 47.6 Å². The van der Waals surface area contributed by atoms with Crippen molar-refractivity contribution in [3.05, 3.63) is 123 Å². The van der Waals surface area contributed by atoms with Crippen LogP contribution in [-0.4, -0.2) is 66.2 Å². The van der Waals surface area contributed by atoms with Gasteiger partial charge in [-0.2, -0.15) is 0 Å². The molecule has 0 radical (unpaired) electrons. The van der Waals surface area contributed by atoms with Crippen molar-refractivity contribution in [2.75, 3.05) is 5.73 Å². The summed E-state index contributed by atoms with van der Waals surface area (Å²) >= 11 is 0. The van der Waals surface area contributed by atoms with Gasteiger partial charge in [-0.05, 0) is 79.1 Å². The van der Waals surface area contributed by atoms with Gasteiger partial charge >= 0.3 is 5.63 Å². The zero-order valence-electron chi connectivity index (χ0n) is 32.9. The maximum Gasteiger partial charge on any atom is 0.339 e. The molecule has 60 heavy (non-hydrogen) atoms. The first-order valence-corrected chi connectivity index (χ1v) is 20.0. The summed E-state index contributed by atoms with van der Waals surface area (Å²) in [4.78, 5) is 82.4. The summed E-state index contributed by atoms with van der Waals surface area (Å²) in [6.07, 6.45) is 3.99. The molecular weight excluding hydrogens is 797 g/mol. The van der Waals surface area contributed by atoms with E-state index >= 15 is 0 Å². The van der Waals surface area contributed by atoms with E-state index in [0.717, 1.165) is 0 Å². The van der Waals surface area contributed by atoms with Crippen molar-refractivity contribution in [1.82, 2.24) is 21.3 Å². The highest BCUT2D eigenvalue weighted by Crippen LogP contribution is 2.46. The van der Waals surface area contributed by atoms with Crippen LogP contribution in [0.15, 0.2) is 105 Å². The van der Waals surface area contributed by atoms with Crippen molar-refractivity contribution in [2.45, 2.75) is 70.6 Å². The number of nitrogens with zero attached hydrogens (tertiary/aromatic N) is 1. The molecule has 312 valence electrons. The zero-order chi connectivity index (χ0) is 43.5. The molecular formula is C42H41N6O11S-. The molecule has 3 unspecified atom stereocenters. The molecule has 1 aromatic heterocycles. The Labute approximate surface area is 344 Å². The normalized spacial score (nSPS) is 15.6. The van der Waals surface area contributed by atoms with Crippen LogP contribution in [0, 0.1) is 0 Å². The number of carbonyl (C=O) groups is 5. The van der Waals surface area contributed by atoms with Crippen molar-refractivity contribution in [2.24, 2.45) is 4.99 Å². The topological polar surface area (TPSA) is 268 Å². The lowest BCUT2D eigenvalue weighted by Crippen LogP contribution is -2.55. The summed E-state index contributed by atoms with van der Waals surface area (Å²) in [5, 5.41) is 10.9. The largest absolute Gasteiger partial charge is 0.716 e. The summed E-state index contributed by atoms with van der Waals surface area (Å²) in [6, 6.07) is 14.2. The fourth-order valence-corrected chi connectivity index (χ4v) is 7.18. The number of nitrogen functional groups attached to an aromatic ring is 1. The second-order valence-electron chi connectivity index (χ2n) is 14.9. The van der Waals surface area contributed by atoms with E-state index in [1.54, 1.807) is 62.4 Å². The standard InChI is InChI=1S/C42H42N6O11S/c1-22(45-37(50)17-26-15-25-10-11-28(43)18-35(25)58-41(26)54)38(51)46-23(2)39(52)48-34(14-24-8-6-5-7-9-24)40(53)44-21-27-16-33-31(20-36(27)59-60(55,56)57)42(3,4)30-19-29(49)12-13-32(30)47-33/h5-13,15-16,18-20,22-23,34H,14,17,21,43H2,1-4H3,(H,44,53)(H,45,50)(H,46,51)(H,48,52)(H,55,56,57)/p-1. The third-order valence-electron chi connectivity index (χ3n) is 10.0. The molecule has 17 nitrogen and oxygen atoms in total. The third kappa shape index (κ3) is 10.0. The second-order valence-corrected chi connectivity index (χ2v) is 15.9. The molecule has 0 saturated carbocycles. The van der Waals surface area contributed by atoms with E-state index < -0.39 is 63.2 Å². The van der Waals surface area contributed by atoms with Crippen LogP contribution in [0.4, 0.5) is 11.4 Å². The number of hydrogen-bond donors (Lipinski definition) is 5. The predicted molar refractivity (Wildman–Crippen MR) is 219 cm³/mol. The highest BCUT2D eigenvalue weighted by Gasteiger charge is 2.37. The SMILES string of the molecule is CC(NC(=O)Cc1cc2ccc(N)cc2oc1=O)C(=O)NC(C)C(=O)NC(Cc1ccccc1)C(=O)NCc1cc2c(cc1OS(=O)(=O)[O-])C(C)(C)C1=CC(=O)C=CC1=N2. The van der Waals surface area contributed by atoms with Crippen molar-refractivity contribution < 1.29 is 45.5 Å². The fourth-order valence-electron chi connectivity index (χ4n) is 6.81. The summed E-state index contributed by atoms with van der Waals surface area (Å²) in [6.45, 7) is 6.02. The molecule has 3 atom stereocenters. The Hall–Kier alpha value is -6.92. The Morgan fingerprint density at radius 3 is 2.30 bits per heavy atom. The van der Waals surface area contributed by atoms with Crippen LogP contribution < -0.4 is 36.8 Å². The number of ketones is 1. The van der Waals surface area contributed by atoms with Gasteiger partial charge in [0.25, 0.3) is 10.4 Å². The number of aliphatic imine (C=N–C) groups is 1. The Balaban J connectivity index is 1.13. The molecule has 18 heteroatoms. The number of carbonyl (C=O) groups excluding carboxylic acids is 5. The number of amides is 4. The highest BCUT2D eigenvalue weighted by atomic mass is 32.3. The monoisotopic (exact) mass is 837 g/mol. The zero-order valence-corrected chi connectivity index (χ0v) is 33.7. The summed E-state index contributed by atoms with van der Waals surface area (Å²) in [7, 11) is -5.28. The third-order valence-corrected chi connectivity index (χ3v) is 10.4. The minimum absolute atomic E-state index is 0.00613. The van der Waals surface area contributed by atoms with Gasteiger partial charge in [0.2, 0.25) is 23.6 Å². The molecule has 3 aromatic carbocycles. The number of allylic oxidation sites excluding steroid dienone is 4. The van der Waals surface area contributed by atoms with Crippen molar-refractivity contribution in [1.29, 1.82) is 0 Å². The maximum atomic E-state index is 13.8.